The van der Waals surface area contributed by atoms with Gasteiger partial charge in [0.15, 0.2) is 5.82 Å². The number of benzene rings is 1. The van der Waals surface area contributed by atoms with Gasteiger partial charge in [0, 0.05) is 17.3 Å². The van der Waals surface area contributed by atoms with Crippen LogP contribution < -0.4 is 5.32 Å². The minimum atomic E-state index is -0.245. The van der Waals surface area contributed by atoms with E-state index < -0.39 is 0 Å². The van der Waals surface area contributed by atoms with Crippen LogP contribution in [0.25, 0.3) is 0 Å². The fourth-order valence-corrected chi connectivity index (χ4v) is 1.68. The van der Waals surface area contributed by atoms with Gasteiger partial charge in [0.1, 0.15) is 5.75 Å². The Kier molecular flexibility index (Phi) is 3.55. The molecule has 0 aliphatic heterocycles. The lowest BCUT2D eigenvalue weighted by atomic mass is 10.1. The molecule has 1 heterocycles. The molecule has 0 radical (unpaired) electrons. The van der Waals surface area contributed by atoms with Crippen molar-refractivity contribution in [1.29, 1.82) is 0 Å². The first kappa shape index (κ1) is 13.1. The first-order valence-corrected chi connectivity index (χ1v) is 6.13. The Bertz CT molecular complexity index is 602. The lowest BCUT2D eigenvalue weighted by Gasteiger charge is -2.04. The average molecular weight is 259 g/mol. The van der Waals surface area contributed by atoms with Crippen LogP contribution in [0.5, 0.6) is 5.75 Å². The van der Waals surface area contributed by atoms with Gasteiger partial charge in [-0.15, -0.1) is 0 Å². The van der Waals surface area contributed by atoms with Crippen LogP contribution in [0.2, 0.25) is 0 Å². The summed E-state index contributed by atoms with van der Waals surface area (Å²) in [6.45, 7) is 5.84. The summed E-state index contributed by atoms with van der Waals surface area (Å²) in [4.78, 5) is 12.0. The average Bonchev–Trinajstić information content (AvgIpc) is 2.81. The highest BCUT2D eigenvalue weighted by atomic mass is 16.3. The minimum Gasteiger partial charge on any atom is -0.508 e. The van der Waals surface area contributed by atoms with Crippen LogP contribution >= 0.6 is 0 Å². The number of aromatic amines is 1. The second-order valence-electron chi connectivity index (χ2n) is 4.82. The first-order chi connectivity index (χ1) is 8.97. The summed E-state index contributed by atoms with van der Waals surface area (Å²) in [5.41, 5.74) is 2.12. The SMILES string of the molecule is Cc1cc(C(=O)Nc2cc(C(C)C)[nH]n2)ccc1O. The summed E-state index contributed by atoms with van der Waals surface area (Å²) in [6, 6.07) is 6.54. The van der Waals surface area contributed by atoms with E-state index in [1.54, 1.807) is 19.1 Å². The maximum atomic E-state index is 12.0. The molecule has 1 amide bonds. The smallest absolute Gasteiger partial charge is 0.256 e. The topological polar surface area (TPSA) is 78.0 Å². The number of hydrogen-bond acceptors (Lipinski definition) is 3. The number of carbonyl (C=O) groups excluding carboxylic acids is 1. The number of carbonyl (C=O) groups is 1. The van der Waals surface area contributed by atoms with E-state index in [1.165, 1.54) is 6.07 Å². The molecule has 3 N–H and O–H groups in total. The van der Waals surface area contributed by atoms with E-state index in [4.69, 9.17) is 0 Å². The molecule has 19 heavy (non-hydrogen) atoms. The molecule has 0 saturated carbocycles. The predicted octanol–water partition coefficient (Wildman–Crippen LogP) is 2.80. The zero-order chi connectivity index (χ0) is 14.0. The molecule has 0 fully saturated rings. The number of anilines is 1. The Labute approximate surface area is 111 Å². The Balaban J connectivity index is 2.13. The van der Waals surface area contributed by atoms with Gasteiger partial charge in [-0.3, -0.25) is 9.89 Å². The number of nitrogens with zero attached hydrogens (tertiary/aromatic N) is 1. The first-order valence-electron chi connectivity index (χ1n) is 6.13. The zero-order valence-electron chi connectivity index (χ0n) is 11.2. The number of H-pyrrole nitrogens is 1. The Morgan fingerprint density at radius 1 is 1.37 bits per heavy atom. The molecular formula is C14H17N3O2. The zero-order valence-corrected chi connectivity index (χ0v) is 11.2. The van der Waals surface area contributed by atoms with Crippen molar-refractivity contribution in [2.75, 3.05) is 5.32 Å². The highest BCUT2D eigenvalue weighted by Crippen LogP contribution is 2.19. The van der Waals surface area contributed by atoms with Gasteiger partial charge >= 0.3 is 0 Å². The quantitative estimate of drug-likeness (QED) is 0.793. The van der Waals surface area contributed by atoms with Gasteiger partial charge < -0.3 is 10.4 Å². The molecular weight excluding hydrogens is 242 g/mol. The van der Waals surface area contributed by atoms with E-state index >= 15 is 0 Å². The molecule has 2 aromatic rings. The van der Waals surface area contributed by atoms with Crippen LogP contribution in [0.3, 0.4) is 0 Å². The van der Waals surface area contributed by atoms with Crippen LogP contribution in [0.1, 0.15) is 41.4 Å². The predicted molar refractivity (Wildman–Crippen MR) is 73.5 cm³/mol. The van der Waals surface area contributed by atoms with E-state index in [2.05, 4.69) is 15.5 Å². The highest BCUT2D eigenvalue weighted by Gasteiger charge is 2.11. The van der Waals surface area contributed by atoms with E-state index in [0.29, 0.717) is 22.9 Å². The number of phenols is 1. The Hall–Kier alpha value is -2.30. The highest BCUT2D eigenvalue weighted by molar-refractivity contribution is 6.04. The van der Waals surface area contributed by atoms with Gasteiger partial charge in [-0.25, -0.2) is 0 Å². The lowest BCUT2D eigenvalue weighted by Crippen LogP contribution is -2.12. The van der Waals surface area contributed by atoms with E-state index in [1.807, 2.05) is 19.9 Å². The van der Waals surface area contributed by atoms with Gasteiger partial charge in [-0.2, -0.15) is 5.10 Å². The summed E-state index contributed by atoms with van der Waals surface area (Å²) >= 11 is 0. The standard InChI is InChI=1S/C14H17N3O2/c1-8(2)11-7-13(17-16-11)15-14(19)10-4-5-12(18)9(3)6-10/h4-8,18H,1-3H3,(H2,15,16,17,19). The van der Waals surface area contributed by atoms with Crippen molar-refractivity contribution >= 4 is 11.7 Å². The summed E-state index contributed by atoms with van der Waals surface area (Å²) < 4.78 is 0. The summed E-state index contributed by atoms with van der Waals surface area (Å²) in [6.07, 6.45) is 0. The molecule has 0 saturated heterocycles. The number of aromatic hydroxyl groups is 1. The van der Waals surface area contributed by atoms with Crippen molar-refractivity contribution in [2.24, 2.45) is 0 Å². The van der Waals surface area contributed by atoms with Crippen molar-refractivity contribution in [2.45, 2.75) is 26.7 Å². The van der Waals surface area contributed by atoms with Crippen molar-refractivity contribution in [3.63, 3.8) is 0 Å². The minimum absolute atomic E-state index is 0.179. The molecule has 0 bridgehead atoms. The van der Waals surface area contributed by atoms with Crippen LogP contribution in [0.15, 0.2) is 24.3 Å². The summed E-state index contributed by atoms with van der Waals surface area (Å²) in [5, 5.41) is 19.1. The van der Waals surface area contributed by atoms with Crippen molar-refractivity contribution in [3.8, 4) is 5.75 Å². The lowest BCUT2D eigenvalue weighted by molar-refractivity contribution is 0.102. The van der Waals surface area contributed by atoms with Gasteiger partial charge in [0.05, 0.1) is 0 Å². The number of aromatic nitrogens is 2. The largest absolute Gasteiger partial charge is 0.508 e. The molecule has 1 aromatic heterocycles. The van der Waals surface area contributed by atoms with Gasteiger partial charge in [-0.05, 0) is 36.6 Å². The number of nitrogens with one attached hydrogen (secondary N) is 2. The van der Waals surface area contributed by atoms with Crippen LogP contribution in [0, 0.1) is 6.92 Å². The van der Waals surface area contributed by atoms with Gasteiger partial charge in [0.2, 0.25) is 0 Å². The molecule has 0 aliphatic rings. The third-order valence-electron chi connectivity index (χ3n) is 2.92. The molecule has 0 atom stereocenters. The Morgan fingerprint density at radius 3 is 2.68 bits per heavy atom. The van der Waals surface area contributed by atoms with Crippen molar-refractivity contribution in [1.82, 2.24) is 10.2 Å². The number of aryl methyl sites for hydroxylation is 1. The third-order valence-corrected chi connectivity index (χ3v) is 2.92. The molecule has 0 unspecified atom stereocenters. The van der Waals surface area contributed by atoms with Crippen molar-refractivity contribution in [3.05, 3.63) is 41.1 Å². The second-order valence-corrected chi connectivity index (χ2v) is 4.82. The number of amides is 1. The van der Waals surface area contributed by atoms with Crippen LogP contribution in [-0.4, -0.2) is 21.2 Å². The molecule has 5 nitrogen and oxygen atoms in total. The van der Waals surface area contributed by atoms with Gasteiger partial charge in [-0.1, -0.05) is 13.8 Å². The molecule has 0 aliphatic carbocycles. The fraction of sp³-hybridized carbons (Fsp3) is 0.286. The fourth-order valence-electron chi connectivity index (χ4n) is 1.68. The van der Waals surface area contributed by atoms with Crippen LogP contribution in [-0.2, 0) is 0 Å². The van der Waals surface area contributed by atoms with Crippen LogP contribution in [0.4, 0.5) is 5.82 Å². The molecule has 0 spiro atoms. The summed E-state index contributed by atoms with van der Waals surface area (Å²) in [5.74, 6) is 0.761. The maximum Gasteiger partial charge on any atom is 0.256 e. The third kappa shape index (κ3) is 2.93. The van der Waals surface area contributed by atoms with E-state index in [-0.39, 0.29) is 11.7 Å². The van der Waals surface area contributed by atoms with Gasteiger partial charge in [0.25, 0.3) is 5.91 Å². The maximum absolute atomic E-state index is 12.0. The molecule has 5 heteroatoms. The normalized spacial score (nSPS) is 10.7. The Morgan fingerprint density at radius 2 is 2.11 bits per heavy atom. The molecule has 100 valence electrons. The number of hydrogen-bond donors (Lipinski definition) is 3. The van der Waals surface area contributed by atoms with E-state index in [9.17, 15) is 9.90 Å². The summed E-state index contributed by atoms with van der Waals surface area (Å²) in [7, 11) is 0. The second kappa shape index (κ2) is 5.14. The molecule has 2 rings (SSSR count). The number of rotatable bonds is 3. The number of phenolic OH excluding ortho intramolecular Hbond substituents is 1. The van der Waals surface area contributed by atoms with Crippen molar-refractivity contribution < 1.29 is 9.90 Å². The molecule has 1 aromatic carbocycles. The monoisotopic (exact) mass is 259 g/mol. The van der Waals surface area contributed by atoms with E-state index in [0.717, 1.165) is 5.69 Å².